The van der Waals surface area contributed by atoms with Gasteiger partial charge in [-0.3, -0.25) is 0 Å². The topological polar surface area (TPSA) is 0 Å². The second-order valence-corrected chi connectivity index (χ2v) is 1.90. The van der Waals surface area contributed by atoms with Crippen molar-refractivity contribution in [2.45, 2.75) is 31.9 Å². The van der Waals surface area contributed by atoms with Crippen LogP contribution in [0.15, 0.2) is 0 Å². The third kappa shape index (κ3) is 2.49. The molecular weight excluding hydrogens is 155 g/mol. The maximum absolute atomic E-state index is 11.9. The highest BCUT2D eigenvalue weighted by Crippen LogP contribution is 2.17. The van der Waals surface area contributed by atoms with E-state index in [0.717, 1.165) is 0 Å². The Morgan fingerprint density at radius 1 is 0.800 bits per heavy atom. The minimum absolute atomic E-state index is 0.694. The van der Waals surface area contributed by atoms with Gasteiger partial charge in [0.2, 0.25) is 0 Å². The van der Waals surface area contributed by atoms with Crippen LogP contribution in [0, 0.1) is 0 Å². The predicted molar refractivity (Wildman–Crippen MR) is 26.4 cm³/mol. The first-order valence-electron chi connectivity index (χ1n) is 2.67. The van der Waals surface area contributed by atoms with Crippen LogP contribution in [0.3, 0.4) is 0 Å². The molecule has 62 valence electrons. The molecule has 0 fully saturated rings. The Balaban J connectivity index is 3.81. The molecule has 0 saturated carbocycles. The highest BCUT2D eigenvalue weighted by atomic mass is 19.3. The summed E-state index contributed by atoms with van der Waals surface area (Å²) in [4.78, 5) is 0. The van der Waals surface area contributed by atoms with E-state index in [1.807, 2.05) is 0 Å². The normalized spacial score (nSPS) is 20.7. The molecule has 0 rings (SSSR count). The van der Waals surface area contributed by atoms with Crippen molar-refractivity contribution in [3.05, 3.63) is 0 Å². The van der Waals surface area contributed by atoms with Crippen LogP contribution in [0.1, 0.15) is 6.92 Å². The zero-order valence-corrected chi connectivity index (χ0v) is 5.20. The first kappa shape index (κ1) is 9.65. The third-order valence-electron chi connectivity index (χ3n) is 0.984. The zero-order chi connectivity index (χ0) is 8.31. The predicted octanol–water partition coefficient (Wildman–Crippen LogP) is 2.29. The number of hydrogen-bond acceptors (Lipinski definition) is 0. The van der Waals surface area contributed by atoms with Crippen LogP contribution >= 0.6 is 0 Å². The molecule has 0 aliphatic rings. The quantitative estimate of drug-likeness (QED) is 0.558. The molecule has 0 aliphatic carbocycles. The van der Waals surface area contributed by atoms with E-state index in [1.165, 1.54) is 0 Å². The van der Waals surface area contributed by atoms with Crippen LogP contribution in [0.4, 0.5) is 22.0 Å². The van der Waals surface area contributed by atoms with Gasteiger partial charge in [-0.25, -0.2) is 22.0 Å². The summed E-state index contributed by atoms with van der Waals surface area (Å²) < 4.78 is 58.0. The van der Waals surface area contributed by atoms with Crippen LogP contribution in [-0.2, 0) is 0 Å². The van der Waals surface area contributed by atoms with E-state index >= 15 is 0 Å². The Labute approximate surface area is 55.0 Å². The molecular formula is C5H7F5. The van der Waals surface area contributed by atoms with Crippen molar-refractivity contribution < 1.29 is 22.0 Å². The Hall–Kier alpha value is -0.350. The summed E-state index contributed by atoms with van der Waals surface area (Å²) >= 11 is 0. The molecule has 10 heavy (non-hydrogen) atoms. The average molecular weight is 162 g/mol. The molecule has 0 spiro atoms. The van der Waals surface area contributed by atoms with E-state index in [0.29, 0.717) is 6.92 Å². The van der Waals surface area contributed by atoms with Gasteiger partial charge in [0.05, 0.1) is 0 Å². The van der Waals surface area contributed by atoms with Crippen LogP contribution in [0.25, 0.3) is 0 Å². The fraction of sp³-hybridized carbons (Fsp3) is 1.00. The smallest absolute Gasteiger partial charge is 0.244 e. The van der Waals surface area contributed by atoms with Crippen molar-refractivity contribution in [2.24, 2.45) is 0 Å². The highest BCUT2D eigenvalue weighted by Gasteiger charge is 2.33. The van der Waals surface area contributed by atoms with E-state index in [9.17, 15) is 22.0 Å². The lowest BCUT2D eigenvalue weighted by Crippen LogP contribution is -2.31. The fourth-order valence-corrected chi connectivity index (χ4v) is 0.392. The summed E-state index contributed by atoms with van der Waals surface area (Å²) in [5.41, 5.74) is 0. The summed E-state index contributed by atoms with van der Waals surface area (Å²) in [5.74, 6) is 0. The summed E-state index contributed by atoms with van der Waals surface area (Å²) in [7, 11) is 0. The maximum atomic E-state index is 11.9. The monoisotopic (exact) mass is 162 g/mol. The van der Waals surface area contributed by atoms with Gasteiger partial charge in [-0.15, -0.1) is 0 Å². The van der Waals surface area contributed by atoms with Crippen molar-refractivity contribution in [3.8, 4) is 0 Å². The standard InChI is InChI=1S/C5H7F5/c1-2(6)3(7)4(8)5(9)10/h2-5H,1H3. The second-order valence-electron chi connectivity index (χ2n) is 1.90. The van der Waals surface area contributed by atoms with E-state index < -0.39 is 24.9 Å². The molecule has 0 nitrogen and oxygen atoms in total. The Morgan fingerprint density at radius 2 is 1.20 bits per heavy atom. The lowest BCUT2D eigenvalue weighted by molar-refractivity contribution is -0.0195. The van der Waals surface area contributed by atoms with E-state index in [1.54, 1.807) is 0 Å². The molecule has 3 atom stereocenters. The first-order chi connectivity index (χ1) is 4.46. The molecule has 0 radical (unpaired) electrons. The Kier molecular flexibility index (Phi) is 3.60. The van der Waals surface area contributed by atoms with Gasteiger partial charge in [0, 0.05) is 0 Å². The van der Waals surface area contributed by atoms with Crippen LogP contribution < -0.4 is 0 Å². The van der Waals surface area contributed by atoms with Crippen molar-refractivity contribution in [2.75, 3.05) is 0 Å². The SMILES string of the molecule is CC(F)C(F)C(F)C(F)F. The van der Waals surface area contributed by atoms with Gasteiger partial charge in [0.25, 0.3) is 6.43 Å². The summed E-state index contributed by atoms with van der Waals surface area (Å²) in [6.45, 7) is 0.694. The molecule has 0 heterocycles. The maximum Gasteiger partial charge on any atom is 0.272 e. The van der Waals surface area contributed by atoms with Crippen LogP contribution in [0.2, 0.25) is 0 Å². The Morgan fingerprint density at radius 3 is 1.30 bits per heavy atom. The van der Waals surface area contributed by atoms with Gasteiger partial charge in [-0.1, -0.05) is 0 Å². The summed E-state index contributed by atoms with van der Waals surface area (Å²) in [6.07, 6.45) is -11.4. The molecule has 5 heteroatoms. The van der Waals surface area contributed by atoms with Crippen LogP contribution in [-0.4, -0.2) is 24.9 Å². The van der Waals surface area contributed by atoms with Crippen LogP contribution in [0.5, 0.6) is 0 Å². The highest BCUT2D eigenvalue weighted by molar-refractivity contribution is 4.74. The minimum Gasteiger partial charge on any atom is -0.244 e. The molecule has 0 aromatic heterocycles. The molecule has 0 aliphatic heterocycles. The number of hydrogen-bond donors (Lipinski definition) is 0. The van der Waals surface area contributed by atoms with Gasteiger partial charge in [0.15, 0.2) is 12.3 Å². The van der Waals surface area contributed by atoms with Gasteiger partial charge in [-0.2, -0.15) is 0 Å². The lowest BCUT2D eigenvalue weighted by Gasteiger charge is -2.12. The molecule has 0 amide bonds. The lowest BCUT2D eigenvalue weighted by atomic mass is 10.2. The Bertz CT molecular complexity index is 80.0. The van der Waals surface area contributed by atoms with Gasteiger partial charge < -0.3 is 0 Å². The number of rotatable bonds is 3. The summed E-state index contributed by atoms with van der Waals surface area (Å²) in [6, 6.07) is 0. The van der Waals surface area contributed by atoms with Crippen molar-refractivity contribution in [1.29, 1.82) is 0 Å². The zero-order valence-electron chi connectivity index (χ0n) is 5.20. The summed E-state index contributed by atoms with van der Waals surface area (Å²) in [5, 5.41) is 0. The second kappa shape index (κ2) is 3.73. The van der Waals surface area contributed by atoms with Crippen molar-refractivity contribution >= 4 is 0 Å². The van der Waals surface area contributed by atoms with E-state index in [-0.39, 0.29) is 0 Å². The minimum atomic E-state index is -3.45. The molecule has 0 N–H and O–H groups in total. The van der Waals surface area contributed by atoms with Gasteiger partial charge >= 0.3 is 0 Å². The average Bonchev–Trinajstić information content (AvgIpc) is 1.84. The molecule has 3 unspecified atom stereocenters. The fourth-order valence-electron chi connectivity index (χ4n) is 0.392. The van der Waals surface area contributed by atoms with Crippen molar-refractivity contribution in [1.82, 2.24) is 0 Å². The van der Waals surface area contributed by atoms with Gasteiger partial charge in [0.1, 0.15) is 6.17 Å². The number of alkyl halides is 5. The number of halogens is 5. The van der Waals surface area contributed by atoms with E-state index in [2.05, 4.69) is 0 Å². The third-order valence-corrected chi connectivity index (χ3v) is 0.984. The van der Waals surface area contributed by atoms with Crippen molar-refractivity contribution in [3.63, 3.8) is 0 Å². The largest absolute Gasteiger partial charge is 0.272 e. The van der Waals surface area contributed by atoms with E-state index in [4.69, 9.17) is 0 Å². The van der Waals surface area contributed by atoms with Gasteiger partial charge in [-0.05, 0) is 6.92 Å². The molecule has 0 saturated heterocycles. The molecule has 0 bridgehead atoms. The molecule has 0 aromatic rings. The first-order valence-corrected chi connectivity index (χ1v) is 2.67. The molecule has 0 aromatic carbocycles.